The average molecular weight is 335 g/mol. The van der Waals surface area contributed by atoms with Gasteiger partial charge in [-0.2, -0.15) is 0 Å². The number of amides is 2. The van der Waals surface area contributed by atoms with Crippen LogP contribution in [-0.2, 0) is 4.79 Å². The number of hydrogen-bond acceptors (Lipinski definition) is 5. The highest BCUT2D eigenvalue weighted by Gasteiger charge is 2.20. The molecule has 1 unspecified atom stereocenters. The van der Waals surface area contributed by atoms with E-state index in [0.717, 1.165) is 25.7 Å². The molecule has 2 aromatic heterocycles. The standard InChI is InChI=1S/C15H21N5O2S/c1-9(16)13(21)19-12-8-23-15-18-11(7-20(12)15)14(22)17-10-5-3-2-4-6-10/h7-10H,2-6,16H2,1H3,(H,17,22)(H,19,21). The first-order valence-electron chi connectivity index (χ1n) is 7.88. The quantitative estimate of drug-likeness (QED) is 0.792. The number of carbonyl (C=O) groups is 2. The molecule has 0 radical (unpaired) electrons. The van der Waals surface area contributed by atoms with Gasteiger partial charge in [0.15, 0.2) is 4.96 Å². The van der Waals surface area contributed by atoms with Crippen LogP contribution in [0, 0.1) is 0 Å². The van der Waals surface area contributed by atoms with Crippen molar-refractivity contribution in [2.24, 2.45) is 5.73 Å². The minimum Gasteiger partial charge on any atom is -0.348 e. The summed E-state index contributed by atoms with van der Waals surface area (Å²) in [7, 11) is 0. The first-order valence-corrected chi connectivity index (χ1v) is 8.76. The zero-order valence-corrected chi connectivity index (χ0v) is 13.9. The molecule has 0 aliphatic heterocycles. The second-order valence-corrected chi connectivity index (χ2v) is 6.82. The SMILES string of the molecule is CC(N)C(=O)Nc1csc2nc(C(=O)NC3CCCCC3)cn12. The molecule has 2 heterocycles. The molecule has 124 valence electrons. The first-order chi connectivity index (χ1) is 11.0. The summed E-state index contributed by atoms with van der Waals surface area (Å²) in [4.78, 5) is 29.0. The van der Waals surface area contributed by atoms with Crippen LogP contribution in [0.5, 0.6) is 0 Å². The Bertz CT molecular complexity index is 715. The van der Waals surface area contributed by atoms with E-state index in [-0.39, 0.29) is 17.9 Å². The van der Waals surface area contributed by atoms with E-state index >= 15 is 0 Å². The highest BCUT2D eigenvalue weighted by Crippen LogP contribution is 2.22. The molecular weight excluding hydrogens is 314 g/mol. The third-order valence-electron chi connectivity index (χ3n) is 4.05. The van der Waals surface area contributed by atoms with Gasteiger partial charge in [-0.15, -0.1) is 11.3 Å². The molecule has 4 N–H and O–H groups in total. The number of hydrogen-bond donors (Lipinski definition) is 3. The lowest BCUT2D eigenvalue weighted by Gasteiger charge is -2.22. The normalized spacial score (nSPS) is 17.1. The topological polar surface area (TPSA) is 102 Å². The number of nitrogens with two attached hydrogens (primary N) is 1. The lowest BCUT2D eigenvalue weighted by molar-refractivity contribution is -0.117. The van der Waals surface area contributed by atoms with Crippen molar-refractivity contribution in [2.45, 2.75) is 51.1 Å². The molecule has 23 heavy (non-hydrogen) atoms. The Hall–Kier alpha value is -1.93. The van der Waals surface area contributed by atoms with Gasteiger partial charge in [0.25, 0.3) is 5.91 Å². The van der Waals surface area contributed by atoms with E-state index in [1.54, 1.807) is 22.9 Å². The maximum atomic E-state index is 12.3. The Kier molecular flexibility index (Phi) is 4.63. The number of thiazole rings is 1. The molecule has 0 spiro atoms. The number of fused-ring (bicyclic) bond motifs is 1. The Morgan fingerprint density at radius 2 is 2.13 bits per heavy atom. The molecule has 8 heteroatoms. The number of imidazole rings is 1. The summed E-state index contributed by atoms with van der Waals surface area (Å²) in [5, 5.41) is 7.57. The number of nitrogens with zero attached hydrogens (tertiary/aromatic N) is 2. The number of carbonyl (C=O) groups excluding carboxylic acids is 2. The summed E-state index contributed by atoms with van der Waals surface area (Å²) in [5.74, 6) is 0.153. The number of anilines is 1. The zero-order chi connectivity index (χ0) is 16.4. The Morgan fingerprint density at radius 1 is 1.39 bits per heavy atom. The molecule has 1 fully saturated rings. The van der Waals surface area contributed by atoms with Gasteiger partial charge in [-0.05, 0) is 19.8 Å². The Balaban J connectivity index is 1.73. The largest absolute Gasteiger partial charge is 0.348 e. The van der Waals surface area contributed by atoms with Gasteiger partial charge >= 0.3 is 0 Å². The minimum absolute atomic E-state index is 0.155. The number of rotatable bonds is 4. The predicted octanol–water partition coefficient (Wildman–Crippen LogP) is 1.74. The molecule has 1 aliphatic rings. The lowest BCUT2D eigenvalue weighted by atomic mass is 9.95. The van der Waals surface area contributed by atoms with Crippen LogP contribution in [0.25, 0.3) is 4.96 Å². The van der Waals surface area contributed by atoms with Crippen LogP contribution in [0.15, 0.2) is 11.6 Å². The maximum absolute atomic E-state index is 12.3. The first kappa shape index (κ1) is 15.9. The fraction of sp³-hybridized carbons (Fsp3) is 0.533. The second-order valence-electron chi connectivity index (χ2n) is 5.99. The lowest BCUT2D eigenvalue weighted by Crippen LogP contribution is -2.36. The van der Waals surface area contributed by atoms with Crippen molar-refractivity contribution in [3.63, 3.8) is 0 Å². The molecule has 7 nitrogen and oxygen atoms in total. The van der Waals surface area contributed by atoms with Gasteiger partial charge in [-0.3, -0.25) is 14.0 Å². The van der Waals surface area contributed by atoms with Crippen molar-refractivity contribution < 1.29 is 9.59 Å². The van der Waals surface area contributed by atoms with Crippen LogP contribution in [0.2, 0.25) is 0 Å². The van der Waals surface area contributed by atoms with Gasteiger partial charge in [0.2, 0.25) is 5.91 Å². The molecule has 1 aliphatic carbocycles. The summed E-state index contributed by atoms with van der Waals surface area (Å²) in [6.07, 6.45) is 7.29. The second kappa shape index (κ2) is 6.67. The van der Waals surface area contributed by atoms with Crippen LogP contribution >= 0.6 is 11.3 Å². The van der Waals surface area contributed by atoms with Gasteiger partial charge in [-0.1, -0.05) is 19.3 Å². The molecule has 0 bridgehead atoms. The predicted molar refractivity (Wildman–Crippen MR) is 89.7 cm³/mol. The monoisotopic (exact) mass is 335 g/mol. The summed E-state index contributed by atoms with van der Waals surface area (Å²) in [6, 6.07) is -0.351. The third kappa shape index (κ3) is 3.53. The maximum Gasteiger partial charge on any atom is 0.271 e. The van der Waals surface area contributed by atoms with Gasteiger partial charge < -0.3 is 16.4 Å². The van der Waals surface area contributed by atoms with E-state index in [0.29, 0.717) is 16.5 Å². The van der Waals surface area contributed by atoms with E-state index in [1.807, 2.05) is 0 Å². The molecule has 1 saturated carbocycles. The fourth-order valence-corrected chi connectivity index (χ4v) is 3.53. The van der Waals surface area contributed by atoms with E-state index in [2.05, 4.69) is 15.6 Å². The molecule has 2 aromatic rings. The molecule has 3 rings (SSSR count). The van der Waals surface area contributed by atoms with Crippen LogP contribution < -0.4 is 16.4 Å². The van der Waals surface area contributed by atoms with Crippen molar-refractivity contribution in [2.75, 3.05) is 5.32 Å². The van der Waals surface area contributed by atoms with Crippen LogP contribution in [0.4, 0.5) is 5.82 Å². The van der Waals surface area contributed by atoms with Crippen molar-refractivity contribution in [1.82, 2.24) is 14.7 Å². The molecule has 0 saturated heterocycles. The Morgan fingerprint density at radius 3 is 2.83 bits per heavy atom. The van der Waals surface area contributed by atoms with Gasteiger partial charge in [-0.25, -0.2) is 4.98 Å². The van der Waals surface area contributed by atoms with Crippen molar-refractivity contribution in [3.8, 4) is 0 Å². The van der Waals surface area contributed by atoms with Crippen molar-refractivity contribution in [1.29, 1.82) is 0 Å². The zero-order valence-electron chi connectivity index (χ0n) is 13.0. The summed E-state index contributed by atoms with van der Waals surface area (Å²) in [5.41, 5.74) is 5.93. The van der Waals surface area contributed by atoms with Gasteiger partial charge in [0.05, 0.1) is 6.04 Å². The summed E-state index contributed by atoms with van der Waals surface area (Å²) in [6.45, 7) is 1.62. The summed E-state index contributed by atoms with van der Waals surface area (Å²) >= 11 is 1.37. The molecule has 1 atom stereocenters. The number of nitrogens with one attached hydrogen (secondary N) is 2. The van der Waals surface area contributed by atoms with Crippen LogP contribution in [0.1, 0.15) is 49.5 Å². The molecular formula is C15H21N5O2S. The van der Waals surface area contributed by atoms with Crippen LogP contribution in [0.3, 0.4) is 0 Å². The van der Waals surface area contributed by atoms with Crippen LogP contribution in [-0.4, -0.2) is 33.3 Å². The third-order valence-corrected chi connectivity index (χ3v) is 4.89. The van der Waals surface area contributed by atoms with Gasteiger partial charge in [0.1, 0.15) is 11.5 Å². The molecule has 0 aromatic carbocycles. The molecule has 2 amide bonds. The Labute approximate surface area is 138 Å². The van der Waals surface area contributed by atoms with E-state index < -0.39 is 6.04 Å². The van der Waals surface area contributed by atoms with E-state index in [9.17, 15) is 9.59 Å². The number of aromatic nitrogens is 2. The van der Waals surface area contributed by atoms with Gasteiger partial charge in [0, 0.05) is 17.6 Å². The smallest absolute Gasteiger partial charge is 0.271 e. The van der Waals surface area contributed by atoms with Crippen molar-refractivity contribution >= 4 is 33.9 Å². The minimum atomic E-state index is -0.595. The fourth-order valence-electron chi connectivity index (χ4n) is 2.73. The highest BCUT2D eigenvalue weighted by molar-refractivity contribution is 7.15. The highest BCUT2D eigenvalue weighted by atomic mass is 32.1. The van der Waals surface area contributed by atoms with E-state index in [1.165, 1.54) is 17.8 Å². The van der Waals surface area contributed by atoms with E-state index in [4.69, 9.17) is 5.73 Å². The average Bonchev–Trinajstić information content (AvgIpc) is 3.10. The summed E-state index contributed by atoms with van der Waals surface area (Å²) < 4.78 is 1.71. The van der Waals surface area contributed by atoms with Crippen molar-refractivity contribution in [3.05, 3.63) is 17.3 Å².